The minimum absolute atomic E-state index is 0.123. The van der Waals surface area contributed by atoms with Crippen molar-refractivity contribution >= 4 is 22.6 Å². The lowest BCUT2D eigenvalue weighted by molar-refractivity contribution is 0.102. The third-order valence-corrected chi connectivity index (χ3v) is 5.73. The largest absolute Gasteiger partial charge is 0.326 e. The quantitative estimate of drug-likeness (QED) is 0.464. The number of nitrogens with one attached hydrogen (secondary N) is 1. The van der Waals surface area contributed by atoms with E-state index in [2.05, 4.69) is 38.7 Å². The first-order chi connectivity index (χ1) is 15.2. The number of hydrogen-bond donors (Lipinski definition) is 2. The highest BCUT2D eigenvalue weighted by Crippen LogP contribution is 2.36. The fourth-order valence-corrected chi connectivity index (χ4v) is 4.21. The molecule has 0 saturated carbocycles. The molecule has 0 fully saturated rings. The molecule has 0 unspecified atom stereocenters. The molecule has 6 heteroatoms. The Morgan fingerprint density at radius 3 is 2.58 bits per heavy atom. The van der Waals surface area contributed by atoms with E-state index in [0.29, 0.717) is 12.1 Å². The molecule has 150 valence electrons. The maximum absolute atomic E-state index is 12.9. The fraction of sp³-hybridized carbons (Fsp3) is 0.0400. The number of fused-ring (bicyclic) bond motifs is 2. The summed E-state index contributed by atoms with van der Waals surface area (Å²) in [5, 5.41) is 3.03. The van der Waals surface area contributed by atoms with Gasteiger partial charge in [-0.1, -0.05) is 18.2 Å². The average Bonchev–Trinajstić information content (AvgIpc) is 3.41. The van der Waals surface area contributed by atoms with Crippen LogP contribution in [0, 0.1) is 0 Å². The molecule has 6 rings (SSSR count). The lowest BCUT2D eigenvalue weighted by atomic mass is 10.1. The fourth-order valence-electron chi connectivity index (χ4n) is 4.21. The average molecular weight is 405 g/mol. The summed E-state index contributed by atoms with van der Waals surface area (Å²) >= 11 is 0. The number of nitrogens with two attached hydrogens (primary N) is 1. The Hall–Kier alpha value is -4.16. The molecule has 0 saturated heterocycles. The van der Waals surface area contributed by atoms with E-state index in [1.165, 1.54) is 0 Å². The van der Waals surface area contributed by atoms with E-state index in [-0.39, 0.29) is 5.91 Å². The second kappa shape index (κ2) is 6.68. The topological polar surface area (TPSA) is 77.9 Å². The minimum atomic E-state index is -0.123. The van der Waals surface area contributed by atoms with Gasteiger partial charge < -0.3 is 15.6 Å². The van der Waals surface area contributed by atoms with Crippen molar-refractivity contribution < 1.29 is 4.79 Å². The molecule has 3 heterocycles. The van der Waals surface area contributed by atoms with Gasteiger partial charge in [0, 0.05) is 30.2 Å². The zero-order valence-corrected chi connectivity index (χ0v) is 16.6. The van der Waals surface area contributed by atoms with Gasteiger partial charge in [-0.3, -0.25) is 9.36 Å². The molecule has 0 radical (unpaired) electrons. The van der Waals surface area contributed by atoms with Crippen molar-refractivity contribution in [2.24, 2.45) is 5.73 Å². The number of anilines is 1. The summed E-state index contributed by atoms with van der Waals surface area (Å²) in [5.41, 5.74) is 12.7. The summed E-state index contributed by atoms with van der Waals surface area (Å²) in [6.45, 7) is 0.517. The Labute approximate surface area is 178 Å². The molecule has 3 aromatic carbocycles. The molecule has 0 aliphatic carbocycles. The van der Waals surface area contributed by atoms with Crippen LogP contribution in [-0.2, 0) is 6.54 Å². The number of amides is 1. The lowest BCUT2D eigenvalue weighted by Gasteiger charge is -2.12. The molecule has 2 aromatic heterocycles. The van der Waals surface area contributed by atoms with E-state index in [1.807, 2.05) is 60.9 Å². The van der Waals surface area contributed by atoms with Crippen LogP contribution in [0.4, 0.5) is 5.69 Å². The number of rotatable bonds is 3. The summed E-state index contributed by atoms with van der Waals surface area (Å²) in [5.74, 6) is 0.676. The van der Waals surface area contributed by atoms with Crippen molar-refractivity contribution in [3.8, 4) is 22.8 Å². The minimum Gasteiger partial charge on any atom is -0.326 e. The number of carbonyl (C=O) groups is 1. The Kier molecular flexibility index (Phi) is 3.81. The molecule has 1 amide bonds. The SMILES string of the molecule is NCc1ccn(-c2ccc(-c3nc4cccc5c4n3-c3ccccc3NC5=O)cc2)c1. The predicted octanol–water partition coefficient (Wildman–Crippen LogP) is 4.51. The molecule has 0 bridgehead atoms. The second-order valence-electron chi connectivity index (χ2n) is 7.59. The number of benzene rings is 3. The maximum Gasteiger partial charge on any atom is 0.257 e. The number of imidazole rings is 1. The zero-order chi connectivity index (χ0) is 20.9. The monoisotopic (exact) mass is 405 g/mol. The van der Waals surface area contributed by atoms with Gasteiger partial charge in [0.15, 0.2) is 0 Å². The number of aromatic nitrogens is 3. The van der Waals surface area contributed by atoms with Crippen LogP contribution < -0.4 is 11.1 Å². The predicted molar refractivity (Wildman–Crippen MR) is 122 cm³/mol. The highest BCUT2D eigenvalue weighted by atomic mass is 16.1. The molecule has 0 spiro atoms. The summed E-state index contributed by atoms with van der Waals surface area (Å²) < 4.78 is 4.13. The van der Waals surface area contributed by atoms with Crippen LogP contribution in [0.15, 0.2) is 85.2 Å². The van der Waals surface area contributed by atoms with Crippen LogP contribution in [0.1, 0.15) is 15.9 Å². The molecule has 0 atom stereocenters. The van der Waals surface area contributed by atoms with Crippen LogP contribution in [0.5, 0.6) is 0 Å². The third kappa shape index (κ3) is 2.69. The summed E-state index contributed by atoms with van der Waals surface area (Å²) in [6, 6.07) is 23.7. The highest BCUT2D eigenvalue weighted by Gasteiger charge is 2.25. The van der Waals surface area contributed by atoms with Crippen LogP contribution in [0.2, 0.25) is 0 Å². The number of carbonyl (C=O) groups excluding carboxylic acids is 1. The van der Waals surface area contributed by atoms with Crippen molar-refractivity contribution in [3.63, 3.8) is 0 Å². The standard InChI is InChI=1S/C25H19N5O/c26-14-16-12-13-29(15-16)18-10-8-17(9-11-18)24-27-21-6-3-4-19-23(21)30(24)22-7-2-1-5-20(22)28-25(19)31/h1-13,15H,14,26H2,(H,28,31). The lowest BCUT2D eigenvalue weighted by Crippen LogP contribution is -2.10. The Bertz CT molecular complexity index is 1460. The Balaban J connectivity index is 1.56. The smallest absolute Gasteiger partial charge is 0.257 e. The zero-order valence-electron chi connectivity index (χ0n) is 16.6. The van der Waals surface area contributed by atoms with Gasteiger partial charge in [0.2, 0.25) is 0 Å². The number of para-hydroxylation sites is 3. The van der Waals surface area contributed by atoms with E-state index in [4.69, 9.17) is 10.7 Å². The van der Waals surface area contributed by atoms with Crippen molar-refractivity contribution in [2.45, 2.75) is 6.54 Å². The second-order valence-corrected chi connectivity index (χ2v) is 7.59. The highest BCUT2D eigenvalue weighted by molar-refractivity contribution is 6.14. The van der Waals surface area contributed by atoms with Crippen molar-refractivity contribution in [3.05, 3.63) is 96.3 Å². The summed E-state index contributed by atoms with van der Waals surface area (Å²) in [7, 11) is 0. The van der Waals surface area contributed by atoms with Gasteiger partial charge in [-0.05, 0) is 60.2 Å². The van der Waals surface area contributed by atoms with Gasteiger partial charge in [0.25, 0.3) is 5.91 Å². The maximum atomic E-state index is 12.9. The normalized spacial score (nSPS) is 12.5. The van der Waals surface area contributed by atoms with Gasteiger partial charge in [0.1, 0.15) is 5.82 Å². The third-order valence-electron chi connectivity index (χ3n) is 5.73. The first-order valence-corrected chi connectivity index (χ1v) is 10.1. The van der Waals surface area contributed by atoms with E-state index in [1.54, 1.807) is 0 Å². The summed E-state index contributed by atoms with van der Waals surface area (Å²) in [4.78, 5) is 17.8. The van der Waals surface area contributed by atoms with E-state index in [0.717, 1.165) is 45.0 Å². The first-order valence-electron chi connectivity index (χ1n) is 10.1. The van der Waals surface area contributed by atoms with Crippen LogP contribution in [0.3, 0.4) is 0 Å². The molecule has 31 heavy (non-hydrogen) atoms. The van der Waals surface area contributed by atoms with Crippen LogP contribution in [0.25, 0.3) is 33.8 Å². The molecule has 5 aromatic rings. The molecule has 3 N–H and O–H groups in total. The van der Waals surface area contributed by atoms with Gasteiger partial charge >= 0.3 is 0 Å². The summed E-state index contributed by atoms with van der Waals surface area (Å²) in [6.07, 6.45) is 4.04. The molecular formula is C25H19N5O. The number of hydrogen-bond acceptors (Lipinski definition) is 3. The molecule has 1 aliphatic heterocycles. The van der Waals surface area contributed by atoms with E-state index >= 15 is 0 Å². The van der Waals surface area contributed by atoms with Gasteiger partial charge in [-0.25, -0.2) is 4.98 Å². The van der Waals surface area contributed by atoms with Crippen LogP contribution in [-0.4, -0.2) is 20.0 Å². The Morgan fingerprint density at radius 1 is 0.935 bits per heavy atom. The molecule has 1 aliphatic rings. The molecule has 6 nitrogen and oxygen atoms in total. The van der Waals surface area contributed by atoms with E-state index < -0.39 is 0 Å². The Morgan fingerprint density at radius 2 is 1.77 bits per heavy atom. The van der Waals surface area contributed by atoms with Crippen LogP contribution >= 0.6 is 0 Å². The molecular weight excluding hydrogens is 386 g/mol. The van der Waals surface area contributed by atoms with Gasteiger partial charge in [-0.2, -0.15) is 0 Å². The van der Waals surface area contributed by atoms with E-state index in [9.17, 15) is 4.79 Å². The van der Waals surface area contributed by atoms with Crippen molar-refractivity contribution in [1.29, 1.82) is 0 Å². The first kappa shape index (κ1) is 17.7. The van der Waals surface area contributed by atoms with Gasteiger partial charge in [0.05, 0.1) is 28.0 Å². The number of nitrogens with zero attached hydrogens (tertiary/aromatic N) is 3. The van der Waals surface area contributed by atoms with Crippen molar-refractivity contribution in [2.75, 3.05) is 5.32 Å². The van der Waals surface area contributed by atoms with Crippen molar-refractivity contribution in [1.82, 2.24) is 14.1 Å². The van der Waals surface area contributed by atoms with Gasteiger partial charge in [-0.15, -0.1) is 0 Å².